The topological polar surface area (TPSA) is 147 Å². The second-order valence-corrected chi connectivity index (χ2v) is 10.1. The van der Waals surface area contributed by atoms with E-state index in [0.29, 0.717) is 19.4 Å². The molecule has 37 heavy (non-hydrogen) atoms. The second-order valence-electron chi connectivity index (χ2n) is 10.1. The van der Waals surface area contributed by atoms with Gasteiger partial charge in [-0.05, 0) is 39.2 Å². The zero-order valence-corrected chi connectivity index (χ0v) is 21.5. The monoisotopic (exact) mass is 520 g/mol. The largest absolute Gasteiger partial charge is 0.480 e. The molecule has 2 saturated heterocycles. The molecular formula is C25H36N4O8. The average Bonchev–Trinajstić information content (AvgIpc) is 2.86. The number of ether oxygens (including phenoxy) is 3. The number of carboxylic acids is 1. The van der Waals surface area contributed by atoms with Crippen molar-refractivity contribution >= 4 is 24.1 Å². The quantitative estimate of drug-likeness (QED) is 0.490. The molecular weight excluding hydrogens is 484 g/mol. The number of amides is 3. The second kappa shape index (κ2) is 12.7. The Morgan fingerprint density at radius 2 is 1.92 bits per heavy atom. The Morgan fingerprint density at radius 3 is 2.59 bits per heavy atom. The third-order valence-electron chi connectivity index (χ3n) is 5.84. The van der Waals surface area contributed by atoms with Crippen LogP contribution < -0.4 is 10.7 Å². The van der Waals surface area contributed by atoms with Gasteiger partial charge in [0.05, 0.1) is 19.3 Å². The summed E-state index contributed by atoms with van der Waals surface area (Å²) in [6, 6.07) is 7.12. The van der Waals surface area contributed by atoms with Crippen LogP contribution in [0, 0.1) is 0 Å². The minimum Gasteiger partial charge on any atom is -0.480 e. The molecule has 3 atom stereocenters. The molecule has 0 saturated carbocycles. The predicted molar refractivity (Wildman–Crippen MR) is 131 cm³/mol. The summed E-state index contributed by atoms with van der Waals surface area (Å²) in [6.07, 6.45) is -0.923. The molecule has 12 nitrogen and oxygen atoms in total. The maximum atomic E-state index is 13.4. The van der Waals surface area contributed by atoms with Crippen LogP contribution in [0.1, 0.15) is 45.6 Å². The molecule has 2 aliphatic rings. The summed E-state index contributed by atoms with van der Waals surface area (Å²) in [6.45, 7) is 6.38. The number of carbonyl (C=O) groups is 4. The molecule has 0 bridgehead atoms. The number of nitrogens with one attached hydrogen (secondary N) is 2. The van der Waals surface area contributed by atoms with E-state index in [9.17, 15) is 24.3 Å². The van der Waals surface area contributed by atoms with Gasteiger partial charge >= 0.3 is 18.2 Å². The SMILES string of the molecule is CC(C)(C)OC(=O)N1CCO[C@@H](CC(NC(=O)OCc2ccccc2)C(=O)N2CCC[C@@H](C(=O)O)N2)C1. The molecule has 0 radical (unpaired) electrons. The van der Waals surface area contributed by atoms with Gasteiger partial charge in [0.1, 0.15) is 24.3 Å². The van der Waals surface area contributed by atoms with Crippen molar-refractivity contribution in [3.8, 4) is 0 Å². The Hall–Kier alpha value is -3.38. The van der Waals surface area contributed by atoms with E-state index >= 15 is 0 Å². The highest BCUT2D eigenvalue weighted by Crippen LogP contribution is 2.18. The summed E-state index contributed by atoms with van der Waals surface area (Å²) >= 11 is 0. The highest BCUT2D eigenvalue weighted by Gasteiger charge is 2.36. The number of benzene rings is 1. The Morgan fingerprint density at radius 1 is 1.19 bits per heavy atom. The molecule has 1 unspecified atom stereocenters. The molecule has 1 aromatic carbocycles. The van der Waals surface area contributed by atoms with Gasteiger partial charge in [-0.25, -0.2) is 15.0 Å². The molecule has 2 fully saturated rings. The van der Waals surface area contributed by atoms with E-state index in [4.69, 9.17) is 14.2 Å². The van der Waals surface area contributed by atoms with Gasteiger partial charge in [-0.15, -0.1) is 0 Å². The van der Waals surface area contributed by atoms with Crippen molar-refractivity contribution in [2.45, 2.75) is 70.4 Å². The predicted octanol–water partition coefficient (Wildman–Crippen LogP) is 1.89. The summed E-state index contributed by atoms with van der Waals surface area (Å²) in [7, 11) is 0. The molecule has 0 aliphatic carbocycles. The number of carbonyl (C=O) groups excluding carboxylic acids is 3. The van der Waals surface area contributed by atoms with E-state index in [1.54, 1.807) is 32.9 Å². The maximum Gasteiger partial charge on any atom is 0.410 e. The number of rotatable bonds is 7. The molecule has 3 N–H and O–H groups in total. The molecule has 12 heteroatoms. The molecule has 2 aliphatic heterocycles. The summed E-state index contributed by atoms with van der Waals surface area (Å²) in [5, 5.41) is 13.2. The molecule has 204 valence electrons. The van der Waals surface area contributed by atoms with Gasteiger partial charge in [-0.2, -0.15) is 0 Å². The van der Waals surface area contributed by atoms with Crippen molar-refractivity contribution in [3.05, 3.63) is 35.9 Å². The van der Waals surface area contributed by atoms with E-state index in [2.05, 4.69) is 10.7 Å². The molecule has 0 aromatic heterocycles. The van der Waals surface area contributed by atoms with Gasteiger partial charge in [0.2, 0.25) is 0 Å². The maximum absolute atomic E-state index is 13.4. The number of morpholine rings is 1. The number of hydrogen-bond donors (Lipinski definition) is 3. The van der Waals surface area contributed by atoms with Crippen LogP contribution in [0.15, 0.2) is 30.3 Å². The Labute approximate surface area is 216 Å². The highest BCUT2D eigenvalue weighted by molar-refractivity contribution is 5.86. The Balaban J connectivity index is 1.67. The van der Waals surface area contributed by atoms with Crippen molar-refractivity contribution in [1.29, 1.82) is 0 Å². The average molecular weight is 521 g/mol. The first-order valence-electron chi connectivity index (χ1n) is 12.4. The van der Waals surface area contributed by atoms with Crippen LogP contribution in [0.25, 0.3) is 0 Å². The normalized spacial score (nSPS) is 21.1. The number of alkyl carbamates (subject to hydrolysis) is 1. The van der Waals surface area contributed by atoms with E-state index in [1.807, 2.05) is 18.2 Å². The van der Waals surface area contributed by atoms with Gasteiger partial charge in [0.15, 0.2) is 0 Å². The summed E-state index contributed by atoms with van der Waals surface area (Å²) in [4.78, 5) is 51.5. The minimum atomic E-state index is -1.08. The fraction of sp³-hybridized carbons (Fsp3) is 0.600. The minimum absolute atomic E-state index is 0.0169. The lowest BCUT2D eigenvalue weighted by molar-refractivity contribution is -0.148. The van der Waals surface area contributed by atoms with Crippen molar-refractivity contribution in [3.63, 3.8) is 0 Å². The first-order chi connectivity index (χ1) is 17.5. The molecule has 0 spiro atoms. The van der Waals surface area contributed by atoms with E-state index in [1.165, 1.54) is 9.91 Å². The first kappa shape index (κ1) is 28.2. The van der Waals surface area contributed by atoms with Crippen LogP contribution in [0.2, 0.25) is 0 Å². The van der Waals surface area contributed by atoms with Gasteiger partial charge in [-0.3, -0.25) is 14.6 Å². The zero-order valence-electron chi connectivity index (χ0n) is 21.5. The zero-order chi connectivity index (χ0) is 27.0. The van der Waals surface area contributed by atoms with E-state index < -0.39 is 47.9 Å². The number of aliphatic carboxylic acids is 1. The highest BCUT2D eigenvalue weighted by atomic mass is 16.6. The van der Waals surface area contributed by atoms with Crippen LogP contribution >= 0.6 is 0 Å². The van der Waals surface area contributed by atoms with E-state index in [0.717, 1.165) is 5.56 Å². The standard InChI is InChI=1S/C25H36N4O8/c1-25(2,3)37-24(34)28-12-13-35-18(15-28)14-20(21(30)29-11-7-10-19(27-29)22(31)32)26-23(33)36-16-17-8-5-4-6-9-17/h4-6,8-9,18-20,27H,7,10-16H2,1-3H3,(H,26,33)(H,31,32)/t18-,19-,20?/m0/s1. The smallest absolute Gasteiger partial charge is 0.410 e. The first-order valence-corrected chi connectivity index (χ1v) is 12.4. The molecule has 1 aromatic rings. The van der Waals surface area contributed by atoms with Crippen LogP contribution in [0.3, 0.4) is 0 Å². The van der Waals surface area contributed by atoms with Gasteiger partial charge in [-0.1, -0.05) is 30.3 Å². The Kier molecular flexibility index (Phi) is 9.70. The number of hydrogen-bond acceptors (Lipinski definition) is 8. The lowest BCUT2D eigenvalue weighted by Crippen LogP contribution is -2.60. The Bertz CT molecular complexity index is 952. The van der Waals surface area contributed by atoms with E-state index in [-0.39, 0.29) is 32.7 Å². The van der Waals surface area contributed by atoms with Crippen molar-refractivity contribution < 1.29 is 38.5 Å². The van der Waals surface area contributed by atoms with Crippen LogP contribution in [0.4, 0.5) is 9.59 Å². The van der Waals surface area contributed by atoms with Gasteiger partial charge in [0, 0.05) is 19.5 Å². The fourth-order valence-electron chi connectivity index (χ4n) is 4.06. The third-order valence-corrected chi connectivity index (χ3v) is 5.84. The van der Waals surface area contributed by atoms with Crippen LogP contribution in [0.5, 0.6) is 0 Å². The molecule has 3 amide bonds. The molecule has 2 heterocycles. The lowest BCUT2D eigenvalue weighted by atomic mass is 10.1. The number of hydrazine groups is 1. The summed E-state index contributed by atoms with van der Waals surface area (Å²) in [5.74, 6) is -1.58. The summed E-state index contributed by atoms with van der Waals surface area (Å²) < 4.78 is 16.5. The van der Waals surface area contributed by atoms with Crippen molar-refractivity contribution in [1.82, 2.24) is 20.7 Å². The third kappa shape index (κ3) is 8.90. The van der Waals surface area contributed by atoms with Crippen molar-refractivity contribution in [2.24, 2.45) is 0 Å². The fourth-order valence-corrected chi connectivity index (χ4v) is 4.06. The van der Waals surface area contributed by atoms with Gasteiger partial charge < -0.3 is 29.5 Å². The van der Waals surface area contributed by atoms with Crippen LogP contribution in [-0.2, 0) is 30.4 Å². The number of carboxylic acid groups (broad SMARTS) is 1. The number of nitrogens with zero attached hydrogens (tertiary/aromatic N) is 2. The van der Waals surface area contributed by atoms with Crippen molar-refractivity contribution in [2.75, 3.05) is 26.2 Å². The molecule has 3 rings (SSSR count). The lowest BCUT2D eigenvalue weighted by Gasteiger charge is -2.37. The summed E-state index contributed by atoms with van der Waals surface area (Å²) in [5.41, 5.74) is 2.85. The van der Waals surface area contributed by atoms with Crippen LogP contribution in [-0.4, -0.2) is 89.1 Å². The van der Waals surface area contributed by atoms with Gasteiger partial charge in [0.25, 0.3) is 5.91 Å².